The molecule has 1 atom stereocenters. The normalized spacial score (nSPS) is 12.7. The lowest BCUT2D eigenvalue weighted by atomic mass is 10.1. The number of methoxy groups -OCH3 is 1. The van der Waals surface area contributed by atoms with Crippen LogP contribution < -0.4 is 10.1 Å². The zero-order valence-electron chi connectivity index (χ0n) is 14.0. The highest BCUT2D eigenvalue weighted by atomic mass is 19.4. The molecule has 142 valence electrons. The summed E-state index contributed by atoms with van der Waals surface area (Å²) in [4.78, 5) is 20.5. The molecule has 27 heavy (non-hydrogen) atoms. The predicted molar refractivity (Wildman–Crippen MR) is 86.0 cm³/mol. The SMILES string of the molecule is COCC(NC(=O)c1ccnc2ncnn12)c1ccc(OC(F)(F)F)cc1. The highest BCUT2D eigenvalue weighted by Gasteiger charge is 2.31. The fraction of sp³-hybridized carbons (Fsp3) is 0.250. The van der Waals surface area contributed by atoms with Crippen molar-refractivity contribution in [1.82, 2.24) is 24.9 Å². The van der Waals surface area contributed by atoms with Gasteiger partial charge in [-0.3, -0.25) is 4.79 Å². The Morgan fingerprint density at radius 1 is 1.22 bits per heavy atom. The number of ether oxygens (including phenoxy) is 2. The molecule has 0 bridgehead atoms. The molecule has 0 saturated heterocycles. The molecule has 1 amide bonds. The monoisotopic (exact) mass is 381 g/mol. The number of aromatic nitrogens is 4. The van der Waals surface area contributed by atoms with Gasteiger partial charge in [-0.05, 0) is 23.8 Å². The molecular formula is C16H14F3N5O3. The first-order valence-corrected chi connectivity index (χ1v) is 7.67. The molecule has 0 saturated carbocycles. The van der Waals surface area contributed by atoms with Gasteiger partial charge in [-0.1, -0.05) is 12.1 Å². The van der Waals surface area contributed by atoms with Gasteiger partial charge in [0.1, 0.15) is 17.8 Å². The van der Waals surface area contributed by atoms with Crippen molar-refractivity contribution in [2.24, 2.45) is 0 Å². The second kappa shape index (κ2) is 7.58. The van der Waals surface area contributed by atoms with Crippen LogP contribution in [0.5, 0.6) is 5.75 Å². The molecule has 11 heteroatoms. The molecule has 1 unspecified atom stereocenters. The smallest absolute Gasteiger partial charge is 0.406 e. The number of rotatable bonds is 6. The Morgan fingerprint density at radius 2 is 1.96 bits per heavy atom. The van der Waals surface area contributed by atoms with Crippen LogP contribution in [0.4, 0.5) is 13.2 Å². The molecule has 0 aliphatic heterocycles. The zero-order chi connectivity index (χ0) is 19.4. The van der Waals surface area contributed by atoms with Crippen molar-refractivity contribution < 1.29 is 27.4 Å². The second-order valence-corrected chi connectivity index (χ2v) is 5.40. The van der Waals surface area contributed by atoms with Crippen LogP contribution in [0.1, 0.15) is 22.1 Å². The summed E-state index contributed by atoms with van der Waals surface area (Å²) in [6, 6.07) is 6.04. The van der Waals surface area contributed by atoms with Gasteiger partial charge in [-0.15, -0.1) is 13.2 Å². The second-order valence-electron chi connectivity index (χ2n) is 5.40. The molecule has 1 N–H and O–H groups in total. The molecule has 3 aromatic rings. The van der Waals surface area contributed by atoms with Crippen LogP contribution in [0.25, 0.3) is 5.78 Å². The van der Waals surface area contributed by atoms with Crippen LogP contribution in [0.2, 0.25) is 0 Å². The van der Waals surface area contributed by atoms with Gasteiger partial charge in [0.2, 0.25) is 0 Å². The average molecular weight is 381 g/mol. The fourth-order valence-electron chi connectivity index (χ4n) is 2.43. The van der Waals surface area contributed by atoms with Gasteiger partial charge >= 0.3 is 6.36 Å². The van der Waals surface area contributed by atoms with E-state index in [-0.39, 0.29) is 23.8 Å². The summed E-state index contributed by atoms with van der Waals surface area (Å²) in [7, 11) is 1.45. The van der Waals surface area contributed by atoms with Crippen LogP contribution >= 0.6 is 0 Å². The van der Waals surface area contributed by atoms with Gasteiger partial charge in [0.25, 0.3) is 11.7 Å². The van der Waals surface area contributed by atoms with Crippen molar-refractivity contribution in [3.05, 3.63) is 54.1 Å². The standard InChI is InChI=1S/C16H14F3N5O3/c1-26-8-12(10-2-4-11(5-3-10)27-16(17,18)19)23-14(25)13-6-7-20-15-21-9-22-24(13)15/h2-7,9,12H,8H2,1H3,(H,23,25). The summed E-state index contributed by atoms with van der Waals surface area (Å²) in [6.45, 7) is 0.108. The molecule has 2 heterocycles. The zero-order valence-corrected chi connectivity index (χ0v) is 14.0. The van der Waals surface area contributed by atoms with E-state index in [2.05, 4.69) is 25.1 Å². The molecular weight excluding hydrogens is 367 g/mol. The van der Waals surface area contributed by atoms with Crippen LogP contribution in [0, 0.1) is 0 Å². The van der Waals surface area contributed by atoms with E-state index in [1.54, 1.807) is 0 Å². The lowest BCUT2D eigenvalue weighted by molar-refractivity contribution is -0.274. The Kier molecular flexibility index (Phi) is 5.21. The van der Waals surface area contributed by atoms with Gasteiger partial charge in [0, 0.05) is 13.3 Å². The van der Waals surface area contributed by atoms with Gasteiger partial charge in [-0.2, -0.15) is 14.6 Å². The molecule has 0 aliphatic rings. The first kappa shape index (κ1) is 18.6. The number of nitrogens with zero attached hydrogens (tertiary/aromatic N) is 4. The average Bonchev–Trinajstić information content (AvgIpc) is 3.09. The number of hydrogen-bond acceptors (Lipinski definition) is 6. The third-order valence-electron chi connectivity index (χ3n) is 3.57. The molecule has 8 nitrogen and oxygen atoms in total. The number of halogens is 3. The van der Waals surface area contributed by atoms with Crippen molar-refractivity contribution in [3.63, 3.8) is 0 Å². The third kappa shape index (κ3) is 4.50. The van der Waals surface area contributed by atoms with Gasteiger partial charge in [0.15, 0.2) is 0 Å². The highest BCUT2D eigenvalue weighted by molar-refractivity contribution is 5.93. The summed E-state index contributed by atoms with van der Waals surface area (Å²) in [5.74, 6) is -0.558. The summed E-state index contributed by atoms with van der Waals surface area (Å²) in [5, 5.41) is 6.70. The lowest BCUT2D eigenvalue weighted by Crippen LogP contribution is -2.32. The topological polar surface area (TPSA) is 90.6 Å². The summed E-state index contributed by atoms with van der Waals surface area (Å²) >= 11 is 0. The molecule has 0 fully saturated rings. The minimum absolute atomic E-state index is 0.108. The molecule has 2 aromatic heterocycles. The Bertz CT molecular complexity index is 927. The number of carbonyl (C=O) groups excluding carboxylic acids is 1. The van der Waals surface area contributed by atoms with E-state index >= 15 is 0 Å². The molecule has 0 spiro atoms. The fourth-order valence-corrected chi connectivity index (χ4v) is 2.43. The minimum atomic E-state index is -4.77. The summed E-state index contributed by atoms with van der Waals surface area (Å²) in [6.07, 6.45) is -2.08. The molecule has 3 rings (SSSR count). The van der Waals surface area contributed by atoms with E-state index in [0.717, 1.165) is 0 Å². The number of alkyl halides is 3. The van der Waals surface area contributed by atoms with Crippen LogP contribution in [0.3, 0.4) is 0 Å². The molecule has 1 aromatic carbocycles. The number of benzene rings is 1. The Hall–Kier alpha value is -3.21. The number of nitrogens with one attached hydrogen (secondary N) is 1. The third-order valence-corrected chi connectivity index (χ3v) is 3.57. The maximum Gasteiger partial charge on any atom is 0.573 e. The van der Waals surface area contributed by atoms with Gasteiger partial charge in [-0.25, -0.2) is 4.98 Å². The number of hydrogen-bond donors (Lipinski definition) is 1. The maximum atomic E-state index is 12.6. The quantitative estimate of drug-likeness (QED) is 0.704. The first-order valence-electron chi connectivity index (χ1n) is 7.67. The summed E-state index contributed by atoms with van der Waals surface area (Å²) in [5.41, 5.74) is 0.749. The van der Waals surface area contributed by atoms with E-state index in [1.165, 1.54) is 54.5 Å². The van der Waals surface area contributed by atoms with Crippen LogP contribution in [0.15, 0.2) is 42.9 Å². The van der Waals surface area contributed by atoms with Gasteiger partial charge < -0.3 is 14.8 Å². The number of amides is 1. The van der Waals surface area contributed by atoms with Crippen molar-refractivity contribution in [3.8, 4) is 5.75 Å². The lowest BCUT2D eigenvalue weighted by Gasteiger charge is -2.19. The van der Waals surface area contributed by atoms with Crippen molar-refractivity contribution >= 4 is 11.7 Å². The largest absolute Gasteiger partial charge is 0.573 e. The molecule has 0 radical (unpaired) electrons. The highest BCUT2D eigenvalue weighted by Crippen LogP contribution is 2.24. The van der Waals surface area contributed by atoms with Crippen LogP contribution in [-0.2, 0) is 4.74 Å². The van der Waals surface area contributed by atoms with Crippen LogP contribution in [-0.4, -0.2) is 45.6 Å². The predicted octanol–water partition coefficient (Wildman–Crippen LogP) is 2.14. The van der Waals surface area contributed by atoms with E-state index in [1.807, 2.05) is 0 Å². The van der Waals surface area contributed by atoms with E-state index in [0.29, 0.717) is 5.56 Å². The Labute approximate surface area is 150 Å². The van der Waals surface area contributed by atoms with E-state index in [4.69, 9.17) is 4.74 Å². The number of carbonyl (C=O) groups is 1. The first-order chi connectivity index (χ1) is 12.9. The summed E-state index contributed by atoms with van der Waals surface area (Å²) < 4.78 is 47.0. The van der Waals surface area contributed by atoms with E-state index in [9.17, 15) is 18.0 Å². The number of fused-ring (bicyclic) bond motifs is 1. The minimum Gasteiger partial charge on any atom is -0.406 e. The molecule has 0 aliphatic carbocycles. The Morgan fingerprint density at radius 3 is 2.63 bits per heavy atom. The van der Waals surface area contributed by atoms with Crippen molar-refractivity contribution in [1.29, 1.82) is 0 Å². The van der Waals surface area contributed by atoms with Gasteiger partial charge in [0.05, 0.1) is 12.6 Å². The Balaban J connectivity index is 1.79. The van der Waals surface area contributed by atoms with E-state index < -0.39 is 18.3 Å². The van der Waals surface area contributed by atoms with Crippen molar-refractivity contribution in [2.45, 2.75) is 12.4 Å². The van der Waals surface area contributed by atoms with Crippen molar-refractivity contribution in [2.75, 3.05) is 13.7 Å². The maximum absolute atomic E-state index is 12.6.